The highest BCUT2D eigenvalue weighted by molar-refractivity contribution is 5.15. The van der Waals surface area contributed by atoms with Crippen LogP contribution in [-0.2, 0) is 9.47 Å². The molecule has 14 heavy (non-hydrogen) atoms. The SMILES string of the molecule is C=C/C=C\C(=C/C)OCC1CO1.CC. The third-order valence-electron chi connectivity index (χ3n) is 1.52. The van der Waals surface area contributed by atoms with Crippen LogP contribution in [0.5, 0.6) is 0 Å². The first-order valence-corrected chi connectivity index (χ1v) is 5.06. The smallest absolute Gasteiger partial charge is 0.117 e. The number of rotatable bonds is 5. The Labute approximate surface area is 86.9 Å². The Bertz CT molecular complexity index is 200. The van der Waals surface area contributed by atoms with Crippen LogP contribution in [0.25, 0.3) is 0 Å². The van der Waals surface area contributed by atoms with Crippen LogP contribution in [0.1, 0.15) is 20.8 Å². The van der Waals surface area contributed by atoms with E-state index < -0.39 is 0 Å². The lowest BCUT2D eigenvalue weighted by Crippen LogP contribution is -1.99. The van der Waals surface area contributed by atoms with Crippen LogP contribution in [0.3, 0.4) is 0 Å². The highest BCUT2D eigenvalue weighted by atomic mass is 16.6. The van der Waals surface area contributed by atoms with Gasteiger partial charge in [-0.2, -0.15) is 0 Å². The predicted molar refractivity (Wildman–Crippen MR) is 60.1 cm³/mol. The molecule has 0 aromatic rings. The summed E-state index contributed by atoms with van der Waals surface area (Å²) in [5.74, 6) is 0.866. The highest BCUT2D eigenvalue weighted by Gasteiger charge is 2.22. The monoisotopic (exact) mass is 196 g/mol. The van der Waals surface area contributed by atoms with E-state index in [2.05, 4.69) is 6.58 Å². The Morgan fingerprint density at radius 1 is 1.57 bits per heavy atom. The molecule has 1 heterocycles. The Balaban J connectivity index is 0.000000791. The molecule has 1 rings (SSSR count). The van der Waals surface area contributed by atoms with E-state index in [0.29, 0.717) is 12.7 Å². The van der Waals surface area contributed by atoms with Crippen LogP contribution in [0, 0.1) is 0 Å². The lowest BCUT2D eigenvalue weighted by atomic mass is 10.4. The first-order chi connectivity index (χ1) is 6.86. The molecule has 2 nitrogen and oxygen atoms in total. The molecule has 1 atom stereocenters. The zero-order valence-corrected chi connectivity index (χ0v) is 9.32. The minimum atomic E-state index is 0.317. The summed E-state index contributed by atoms with van der Waals surface area (Å²) in [6.07, 6.45) is 7.69. The van der Waals surface area contributed by atoms with Gasteiger partial charge in [0.05, 0.1) is 6.61 Å². The van der Waals surface area contributed by atoms with Crippen molar-refractivity contribution in [1.29, 1.82) is 0 Å². The topological polar surface area (TPSA) is 21.8 Å². The van der Waals surface area contributed by atoms with Gasteiger partial charge < -0.3 is 9.47 Å². The minimum Gasteiger partial charge on any atom is -0.491 e. The zero-order valence-electron chi connectivity index (χ0n) is 9.32. The summed E-state index contributed by atoms with van der Waals surface area (Å²) in [6, 6.07) is 0. The molecule has 0 aliphatic carbocycles. The van der Waals surface area contributed by atoms with Crippen LogP contribution in [0.4, 0.5) is 0 Å². The van der Waals surface area contributed by atoms with Crippen molar-refractivity contribution in [2.24, 2.45) is 0 Å². The van der Waals surface area contributed by atoms with Gasteiger partial charge in [-0.25, -0.2) is 0 Å². The van der Waals surface area contributed by atoms with Crippen LogP contribution in [0.2, 0.25) is 0 Å². The van der Waals surface area contributed by atoms with Crippen molar-refractivity contribution >= 4 is 0 Å². The summed E-state index contributed by atoms with van der Waals surface area (Å²) in [5.41, 5.74) is 0. The summed E-state index contributed by atoms with van der Waals surface area (Å²) in [6.45, 7) is 11.0. The van der Waals surface area contributed by atoms with Gasteiger partial charge in [-0.1, -0.05) is 32.6 Å². The zero-order chi connectivity index (χ0) is 10.8. The Morgan fingerprint density at radius 2 is 2.21 bits per heavy atom. The van der Waals surface area contributed by atoms with Crippen LogP contribution >= 0.6 is 0 Å². The van der Waals surface area contributed by atoms with E-state index in [1.165, 1.54) is 0 Å². The third kappa shape index (κ3) is 6.49. The van der Waals surface area contributed by atoms with E-state index in [0.717, 1.165) is 12.4 Å². The second-order valence-electron chi connectivity index (χ2n) is 2.55. The van der Waals surface area contributed by atoms with Crippen molar-refractivity contribution in [2.75, 3.05) is 13.2 Å². The highest BCUT2D eigenvalue weighted by Crippen LogP contribution is 2.11. The molecule has 1 unspecified atom stereocenters. The first kappa shape index (κ1) is 13.0. The van der Waals surface area contributed by atoms with Gasteiger partial charge in [0.25, 0.3) is 0 Å². The standard InChI is InChI=1S/C10H14O2.C2H6/c1-3-5-6-9(4-2)11-7-10-8-12-10;1-2/h3-6,10H,1,7-8H2,2H3;1-2H3/b6-5-,9-4+;. The van der Waals surface area contributed by atoms with E-state index in [1.54, 1.807) is 6.08 Å². The van der Waals surface area contributed by atoms with E-state index in [9.17, 15) is 0 Å². The quantitative estimate of drug-likeness (QED) is 0.383. The Kier molecular flexibility index (Phi) is 7.95. The Morgan fingerprint density at radius 3 is 2.64 bits per heavy atom. The fraction of sp³-hybridized carbons (Fsp3) is 0.500. The largest absolute Gasteiger partial charge is 0.491 e. The van der Waals surface area contributed by atoms with Gasteiger partial charge in [-0.15, -0.1) is 0 Å². The van der Waals surface area contributed by atoms with Gasteiger partial charge in [0.15, 0.2) is 0 Å². The molecule has 0 bridgehead atoms. The average Bonchev–Trinajstić information content (AvgIpc) is 3.05. The van der Waals surface area contributed by atoms with Gasteiger partial charge in [0.2, 0.25) is 0 Å². The van der Waals surface area contributed by atoms with Crippen LogP contribution in [0.15, 0.2) is 36.6 Å². The fourth-order valence-corrected chi connectivity index (χ4v) is 0.744. The summed E-state index contributed by atoms with van der Waals surface area (Å²) in [5, 5.41) is 0. The fourth-order valence-electron chi connectivity index (χ4n) is 0.744. The van der Waals surface area contributed by atoms with Crippen molar-refractivity contribution in [3.05, 3.63) is 36.6 Å². The molecule has 2 heteroatoms. The number of epoxide rings is 1. The van der Waals surface area contributed by atoms with Gasteiger partial charge >= 0.3 is 0 Å². The maximum absolute atomic E-state index is 5.42. The van der Waals surface area contributed by atoms with Gasteiger partial charge in [-0.3, -0.25) is 0 Å². The van der Waals surface area contributed by atoms with Crippen LogP contribution in [-0.4, -0.2) is 19.3 Å². The van der Waals surface area contributed by atoms with Crippen molar-refractivity contribution < 1.29 is 9.47 Å². The number of hydrogen-bond acceptors (Lipinski definition) is 2. The molecule has 0 spiro atoms. The molecule has 1 aliphatic heterocycles. The molecule has 0 saturated carbocycles. The van der Waals surface area contributed by atoms with Gasteiger partial charge in [-0.05, 0) is 19.1 Å². The number of hydrogen-bond donors (Lipinski definition) is 0. The third-order valence-corrected chi connectivity index (χ3v) is 1.52. The van der Waals surface area contributed by atoms with E-state index >= 15 is 0 Å². The molecule has 1 aliphatic rings. The lowest BCUT2D eigenvalue weighted by molar-refractivity contribution is 0.192. The summed E-state index contributed by atoms with van der Waals surface area (Å²) < 4.78 is 10.4. The molecular formula is C12H20O2. The maximum Gasteiger partial charge on any atom is 0.117 e. The van der Waals surface area contributed by atoms with E-state index in [4.69, 9.17) is 9.47 Å². The normalized spacial score (nSPS) is 19.9. The van der Waals surface area contributed by atoms with Crippen molar-refractivity contribution in [3.8, 4) is 0 Å². The Hall–Kier alpha value is -1.02. The molecule has 0 radical (unpaired) electrons. The van der Waals surface area contributed by atoms with Crippen molar-refractivity contribution in [3.63, 3.8) is 0 Å². The molecule has 0 N–H and O–H groups in total. The predicted octanol–water partition coefficient (Wildman–Crippen LogP) is 3.07. The average molecular weight is 196 g/mol. The molecule has 0 amide bonds. The first-order valence-electron chi connectivity index (χ1n) is 5.06. The van der Waals surface area contributed by atoms with E-state index in [1.807, 2.05) is 39.0 Å². The van der Waals surface area contributed by atoms with Crippen molar-refractivity contribution in [2.45, 2.75) is 26.9 Å². The molecule has 1 fully saturated rings. The molecule has 1 saturated heterocycles. The number of allylic oxidation sites excluding steroid dienone is 4. The minimum absolute atomic E-state index is 0.317. The lowest BCUT2D eigenvalue weighted by Gasteiger charge is -2.02. The van der Waals surface area contributed by atoms with E-state index in [-0.39, 0.29) is 0 Å². The molecule has 0 aromatic carbocycles. The summed E-state index contributed by atoms with van der Waals surface area (Å²) in [4.78, 5) is 0. The second kappa shape index (κ2) is 8.57. The van der Waals surface area contributed by atoms with Gasteiger partial charge in [0, 0.05) is 0 Å². The molecular weight excluding hydrogens is 176 g/mol. The molecule has 80 valence electrons. The second-order valence-corrected chi connectivity index (χ2v) is 2.55. The van der Waals surface area contributed by atoms with Crippen molar-refractivity contribution in [1.82, 2.24) is 0 Å². The maximum atomic E-state index is 5.42. The summed E-state index contributed by atoms with van der Waals surface area (Å²) >= 11 is 0. The molecule has 0 aromatic heterocycles. The van der Waals surface area contributed by atoms with Crippen LogP contribution < -0.4 is 0 Å². The van der Waals surface area contributed by atoms with Gasteiger partial charge in [0.1, 0.15) is 18.5 Å². The summed E-state index contributed by atoms with van der Waals surface area (Å²) in [7, 11) is 0. The number of ether oxygens (including phenoxy) is 2.